The highest BCUT2D eigenvalue weighted by Gasteiger charge is 2.67. The highest BCUT2D eigenvalue weighted by atomic mass is 32.2. The summed E-state index contributed by atoms with van der Waals surface area (Å²) in [5.74, 6) is -2.01. The van der Waals surface area contributed by atoms with Crippen LogP contribution in [-0.4, -0.2) is 55.2 Å². The quantitative estimate of drug-likeness (QED) is 0.0245. The summed E-state index contributed by atoms with van der Waals surface area (Å²) in [4.78, 5) is 23.9. The van der Waals surface area contributed by atoms with Crippen LogP contribution in [0.4, 0.5) is 0 Å². The Hall–Kier alpha value is -9.76. The Balaban J connectivity index is 0.702. The van der Waals surface area contributed by atoms with Crippen LogP contribution in [0.3, 0.4) is 0 Å². The number of allylic oxidation sites excluding steroid dienone is 13. The second kappa shape index (κ2) is 33.1. The molecule has 3 aliphatic heterocycles. The Morgan fingerprint density at radius 2 is 0.952 bits per heavy atom. The zero-order valence-corrected chi connectivity index (χ0v) is 62.4. The van der Waals surface area contributed by atoms with E-state index in [4.69, 9.17) is 6.58 Å². The van der Waals surface area contributed by atoms with Crippen LogP contribution in [0.15, 0.2) is 334 Å². The molecule has 0 radical (unpaired) electrons. The molecule has 4 fully saturated rings. The van der Waals surface area contributed by atoms with E-state index in [1.807, 2.05) is 53.9 Å². The lowest BCUT2D eigenvalue weighted by molar-refractivity contribution is -0.132. The van der Waals surface area contributed by atoms with Crippen molar-refractivity contribution in [3.05, 3.63) is 378 Å². The van der Waals surface area contributed by atoms with Gasteiger partial charge in [0, 0.05) is 31.8 Å². The monoisotopic (exact) mass is 1420 g/mol. The maximum absolute atomic E-state index is 12.1. The molecule has 3 heterocycles. The molecule has 3 N–H and O–H groups in total. The molecule has 105 heavy (non-hydrogen) atoms. The first-order chi connectivity index (χ1) is 51.0. The van der Waals surface area contributed by atoms with Crippen molar-refractivity contribution >= 4 is 63.3 Å². The maximum Gasteiger partial charge on any atom is 0.335 e. The molecule has 13 rings (SSSR count). The minimum Gasteiger partial charge on any atom is -0.478 e. The van der Waals surface area contributed by atoms with E-state index < -0.39 is 11.9 Å². The van der Waals surface area contributed by atoms with Gasteiger partial charge in [-0.15, -0.1) is 23.5 Å². The SMILES string of the molecule is C=C(/C=C\C(=C)/C(=C/C1CCC(/C=C(/CCCC)c2ccc(-c3ccccc3)cc2)S1)c1ccc(-c2ccc(C3(c4ccc(C(=C)/C=C\C(=C)/C(=C\C5CCC(/C=C(/C(=C)/C=C\C(=C)c6ccccc6)C6(C78CC=C7C8)C=CCCN6)S5)c5ccc(C(=O)O)cc5)cc4)CCCCC3)cc2)cc1)C(=O)O. The fourth-order valence-electron chi connectivity index (χ4n) is 16.3. The van der Waals surface area contributed by atoms with Gasteiger partial charge in [-0.25, -0.2) is 9.59 Å². The number of carboxylic acid groups (broad SMARTS) is 2. The summed E-state index contributed by atoms with van der Waals surface area (Å²) < 4.78 is 0. The Morgan fingerprint density at radius 3 is 1.46 bits per heavy atom. The first-order valence-corrected chi connectivity index (χ1v) is 39.5. The Kier molecular flexibility index (Phi) is 23.2. The van der Waals surface area contributed by atoms with Gasteiger partial charge in [0.2, 0.25) is 0 Å². The molecule has 7 heteroatoms. The molecule has 2 saturated heterocycles. The highest BCUT2D eigenvalue weighted by Crippen LogP contribution is 2.71. The van der Waals surface area contributed by atoms with Gasteiger partial charge < -0.3 is 15.5 Å². The smallest absolute Gasteiger partial charge is 0.335 e. The van der Waals surface area contributed by atoms with E-state index in [2.05, 4.69) is 251 Å². The first-order valence-electron chi connectivity index (χ1n) is 37.6. The number of unbranched alkanes of at least 4 members (excludes halogenated alkanes) is 1. The average molecular weight is 1420 g/mol. The number of hydrogen-bond acceptors (Lipinski definition) is 5. The summed E-state index contributed by atoms with van der Waals surface area (Å²) in [5.41, 5.74) is 23.2. The predicted octanol–water partition coefficient (Wildman–Crippen LogP) is 24.9. The molecule has 7 aromatic rings. The van der Waals surface area contributed by atoms with Gasteiger partial charge in [0.1, 0.15) is 0 Å². The molecule has 6 aliphatic rings. The third-order valence-electron chi connectivity index (χ3n) is 22.6. The summed E-state index contributed by atoms with van der Waals surface area (Å²) in [6.45, 7) is 29.9. The van der Waals surface area contributed by atoms with Crippen LogP contribution in [0.2, 0.25) is 0 Å². The molecule has 530 valence electrons. The van der Waals surface area contributed by atoms with Crippen molar-refractivity contribution in [3.8, 4) is 22.3 Å². The number of nitrogens with one attached hydrogen (secondary N) is 1. The molecular formula is C98H97NO4S2. The minimum atomic E-state index is -1.05. The normalized spacial score (nSPS) is 22.3. The van der Waals surface area contributed by atoms with Crippen molar-refractivity contribution < 1.29 is 19.8 Å². The van der Waals surface area contributed by atoms with Gasteiger partial charge in [0.15, 0.2) is 0 Å². The van der Waals surface area contributed by atoms with Gasteiger partial charge >= 0.3 is 11.9 Å². The third kappa shape index (κ3) is 16.7. The van der Waals surface area contributed by atoms with E-state index in [1.165, 1.54) is 45.4 Å². The van der Waals surface area contributed by atoms with Crippen LogP contribution in [0.1, 0.15) is 153 Å². The van der Waals surface area contributed by atoms with Crippen molar-refractivity contribution in [2.75, 3.05) is 6.54 Å². The summed E-state index contributed by atoms with van der Waals surface area (Å²) >= 11 is 3.98. The fourth-order valence-corrected chi connectivity index (χ4v) is 19.2. The molecule has 7 aromatic carbocycles. The molecule has 2 saturated carbocycles. The third-order valence-corrected chi connectivity index (χ3v) is 25.4. The van der Waals surface area contributed by atoms with Gasteiger partial charge in [-0.3, -0.25) is 0 Å². The topological polar surface area (TPSA) is 86.6 Å². The van der Waals surface area contributed by atoms with Crippen LogP contribution < -0.4 is 5.32 Å². The first kappa shape index (κ1) is 73.5. The molecule has 0 aromatic heterocycles. The number of carbonyl (C=O) groups is 2. The van der Waals surface area contributed by atoms with E-state index in [1.54, 1.807) is 29.9 Å². The van der Waals surface area contributed by atoms with Crippen molar-refractivity contribution in [2.45, 2.75) is 135 Å². The van der Waals surface area contributed by atoms with Gasteiger partial charge in [-0.1, -0.05) is 320 Å². The molecule has 0 bridgehead atoms. The lowest BCUT2D eigenvalue weighted by Gasteiger charge is -2.46. The second-order valence-corrected chi connectivity index (χ2v) is 32.2. The summed E-state index contributed by atoms with van der Waals surface area (Å²) in [7, 11) is 0. The molecule has 0 amide bonds. The molecule has 3 aliphatic carbocycles. The van der Waals surface area contributed by atoms with Crippen LogP contribution in [-0.2, 0) is 10.2 Å². The number of fused-ring (bicyclic) bond motifs is 1. The number of aromatic carboxylic acids is 1. The molecule has 6 atom stereocenters. The van der Waals surface area contributed by atoms with Crippen LogP contribution >= 0.6 is 23.5 Å². The number of thioether (sulfide) groups is 2. The van der Waals surface area contributed by atoms with Crippen molar-refractivity contribution in [1.82, 2.24) is 5.32 Å². The maximum atomic E-state index is 12.1. The molecule has 0 spiro atoms. The van der Waals surface area contributed by atoms with Crippen molar-refractivity contribution in [1.29, 1.82) is 0 Å². The molecule has 5 nitrogen and oxygen atoms in total. The van der Waals surface area contributed by atoms with E-state index in [0.717, 1.165) is 169 Å². The Labute approximate surface area is 632 Å². The summed E-state index contributed by atoms with van der Waals surface area (Å²) in [6, 6.07) is 64.2. The number of rotatable bonds is 29. The average Bonchev–Trinajstić information content (AvgIpc) is 1.50. The lowest BCUT2D eigenvalue weighted by atomic mass is 9.65. The van der Waals surface area contributed by atoms with Crippen molar-refractivity contribution in [3.63, 3.8) is 0 Å². The minimum absolute atomic E-state index is 0.0156. The fraction of sp³-hybridized carbons (Fsp3) is 0.245. The second-order valence-electron chi connectivity index (χ2n) is 29.3. The van der Waals surface area contributed by atoms with Gasteiger partial charge in [-0.05, 0) is 207 Å². The van der Waals surface area contributed by atoms with Gasteiger partial charge in [0.05, 0.1) is 16.7 Å². The van der Waals surface area contributed by atoms with Crippen molar-refractivity contribution in [2.24, 2.45) is 5.41 Å². The molecular weight excluding hydrogens is 1320 g/mol. The Bertz CT molecular complexity index is 4730. The van der Waals surface area contributed by atoms with Gasteiger partial charge in [0.25, 0.3) is 0 Å². The van der Waals surface area contributed by atoms with E-state index in [9.17, 15) is 19.8 Å². The summed E-state index contributed by atoms with van der Waals surface area (Å²) in [5, 5.41) is 24.7. The lowest BCUT2D eigenvalue weighted by Crippen LogP contribution is -2.56. The highest BCUT2D eigenvalue weighted by molar-refractivity contribution is 8.01. The van der Waals surface area contributed by atoms with Crippen LogP contribution in [0, 0.1) is 5.41 Å². The van der Waals surface area contributed by atoms with E-state index in [-0.39, 0.29) is 43.3 Å². The molecule has 6 unspecified atom stereocenters. The number of benzene rings is 7. The zero-order chi connectivity index (χ0) is 73.1. The zero-order valence-electron chi connectivity index (χ0n) is 60.7. The number of hydrogen-bond donors (Lipinski definition) is 3. The van der Waals surface area contributed by atoms with Gasteiger partial charge in [-0.2, -0.15) is 0 Å². The largest absolute Gasteiger partial charge is 0.478 e. The van der Waals surface area contributed by atoms with Crippen LogP contribution in [0.25, 0.3) is 50.1 Å². The predicted molar refractivity (Wildman–Crippen MR) is 448 cm³/mol. The van der Waals surface area contributed by atoms with E-state index in [0.29, 0.717) is 5.25 Å². The standard InChI is InChI=1S/C98H97NO4S2/c1-8-9-21-83(79-34-32-76(33-35-79)75-24-15-11-16-25-75)62-87-52-53-88(104-87)63-92(70(5)29-31-72(7)94(100)101)80-38-36-77(37-39-80)78-46-50-85(51-47-78)96(57-17-12-18-58-96)84-48-44-74(45-49-84)68(3)26-28-69(4)91(81-40-42-82(43-41-81)95(102)103)64-89-54-55-90(105-89)65-93(71(6)30-27-67(2)73-22-13-10-14-23-73)98(59-19-20-61-99-98)97-60-56-86(97)66-97/h10-11,13-16,19,22-51,56,59,62-65,87-90,99H,2-9,12,17-18,20-21,52-55,57-58,60-61,66H2,1H3,(H,100,101)(H,102,103)/b28-26-,30-27-,31-29-,83-62-,91-64+,92-63-,93-65-. The number of aliphatic carboxylic acids is 1. The number of carboxylic acids is 2. The summed E-state index contributed by atoms with van der Waals surface area (Å²) in [6.07, 6.45) is 45.0. The van der Waals surface area contributed by atoms with Crippen LogP contribution in [0.5, 0.6) is 0 Å². The Morgan fingerprint density at radius 1 is 0.495 bits per heavy atom. The van der Waals surface area contributed by atoms with E-state index >= 15 is 0 Å².